The Morgan fingerprint density at radius 1 is 0.750 bits per heavy atom. The monoisotopic (exact) mass is 218 g/mol. The van der Waals surface area contributed by atoms with Crippen LogP contribution in [0.2, 0.25) is 0 Å². The van der Waals surface area contributed by atoms with Crippen LogP contribution in [-0.2, 0) is 10.8 Å². The van der Waals surface area contributed by atoms with Gasteiger partial charge in [0.1, 0.15) is 0 Å². The molecule has 90 valence electrons. The van der Waals surface area contributed by atoms with Crippen LogP contribution in [0.5, 0.6) is 0 Å². The van der Waals surface area contributed by atoms with Crippen LogP contribution in [0.4, 0.5) is 0 Å². The minimum absolute atomic E-state index is 0.232. The van der Waals surface area contributed by atoms with Gasteiger partial charge < -0.3 is 0 Å². The second-order valence-corrected chi connectivity index (χ2v) is 6.97. The highest BCUT2D eigenvalue weighted by Gasteiger charge is 2.21. The Balaban J connectivity index is 3.46. The molecule has 0 spiro atoms. The van der Waals surface area contributed by atoms with Crippen LogP contribution in [-0.4, -0.2) is 0 Å². The van der Waals surface area contributed by atoms with Crippen LogP contribution in [0.1, 0.15) is 63.8 Å². The molecule has 0 radical (unpaired) electrons. The van der Waals surface area contributed by atoms with E-state index in [0.717, 1.165) is 0 Å². The molecule has 0 saturated carbocycles. The van der Waals surface area contributed by atoms with E-state index in [9.17, 15) is 0 Å². The number of rotatable bonds is 0. The van der Waals surface area contributed by atoms with Crippen LogP contribution in [0.15, 0.2) is 12.1 Å². The van der Waals surface area contributed by atoms with Gasteiger partial charge in [-0.1, -0.05) is 53.7 Å². The molecule has 0 saturated heterocycles. The second-order valence-electron chi connectivity index (χ2n) is 6.97. The van der Waals surface area contributed by atoms with Gasteiger partial charge in [0.05, 0.1) is 0 Å². The van der Waals surface area contributed by atoms with Crippen LogP contribution in [0.3, 0.4) is 0 Å². The summed E-state index contributed by atoms with van der Waals surface area (Å²) < 4.78 is 0. The number of hydrogen-bond donors (Lipinski definition) is 0. The molecule has 0 amide bonds. The van der Waals surface area contributed by atoms with Gasteiger partial charge in [-0.25, -0.2) is 0 Å². The molecule has 0 aromatic heterocycles. The summed E-state index contributed by atoms with van der Waals surface area (Å²) in [6, 6.07) is 4.73. The fraction of sp³-hybridized carbons (Fsp3) is 0.625. The fourth-order valence-corrected chi connectivity index (χ4v) is 2.07. The molecule has 0 nitrogen and oxygen atoms in total. The molecule has 0 bridgehead atoms. The van der Waals surface area contributed by atoms with E-state index in [2.05, 4.69) is 67.5 Å². The van der Waals surface area contributed by atoms with Gasteiger partial charge in [0.15, 0.2) is 0 Å². The van der Waals surface area contributed by atoms with Crippen LogP contribution in [0, 0.1) is 13.8 Å². The number of aryl methyl sites for hydroxylation is 1. The zero-order valence-electron chi connectivity index (χ0n) is 12.2. The zero-order valence-corrected chi connectivity index (χ0v) is 12.2. The lowest BCUT2D eigenvalue weighted by atomic mass is 9.77. The lowest BCUT2D eigenvalue weighted by Crippen LogP contribution is -2.18. The molecule has 0 atom stereocenters. The van der Waals surface area contributed by atoms with Crippen LogP contribution < -0.4 is 0 Å². The van der Waals surface area contributed by atoms with Gasteiger partial charge in [0.2, 0.25) is 0 Å². The summed E-state index contributed by atoms with van der Waals surface area (Å²) in [5.41, 5.74) is 6.25. The maximum Gasteiger partial charge on any atom is -0.0129 e. The summed E-state index contributed by atoms with van der Waals surface area (Å²) in [6.07, 6.45) is 0. The molecule has 0 aliphatic heterocycles. The van der Waals surface area contributed by atoms with E-state index in [1.807, 2.05) is 0 Å². The first-order chi connectivity index (χ1) is 7.03. The first-order valence-electron chi connectivity index (χ1n) is 6.15. The topological polar surface area (TPSA) is 0 Å². The van der Waals surface area contributed by atoms with Crippen molar-refractivity contribution in [1.82, 2.24) is 0 Å². The first-order valence-corrected chi connectivity index (χ1v) is 6.15. The van der Waals surface area contributed by atoms with Gasteiger partial charge >= 0.3 is 0 Å². The van der Waals surface area contributed by atoms with Crippen molar-refractivity contribution in [3.63, 3.8) is 0 Å². The van der Waals surface area contributed by atoms with Crippen molar-refractivity contribution in [2.24, 2.45) is 0 Å². The van der Waals surface area contributed by atoms with E-state index < -0.39 is 0 Å². The summed E-state index contributed by atoms with van der Waals surface area (Å²) in [5.74, 6) is 0. The third kappa shape index (κ3) is 2.66. The van der Waals surface area contributed by atoms with Crippen molar-refractivity contribution in [3.8, 4) is 0 Å². The minimum atomic E-state index is 0.232. The molecule has 1 aromatic rings. The smallest absolute Gasteiger partial charge is 0.0129 e. The Morgan fingerprint density at radius 3 is 1.62 bits per heavy atom. The molecule has 0 unspecified atom stereocenters. The van der Waals surface area contributed by atoms with E-state index >= 15 is 0 Å². The molecule has 0 N–H and O–H groups in total. The number of hydrogen-bond acceptors (Lipinski definition) is 0. The minimum Gasteiger partial charge on any atom is -0.0561 e. The third-order valence-corrected chi connectivity index (χ3v) is 3.34. The van der Waals surface area contributed by atoms with Crippen molar-refractivity contribution >= 4 is 0 Å². The highest BCUT2D eigenvalue weighted by molar-refractivity contribution is 5.43. The molecule has 1 aromatic carbocycles. The van der Waals surface area contributed by atoms with Gasteiger partial charge in [-0.3, -0.25) is 0 Å². The highest BCUT2D eigenvalue weighted by atomic mass is 14.3. The Hall–Kier alpha value is -0.780. The Kier molecular flexibility index (Phi) is 3.24. The first kappa shape index (κ1) is 13.3. The van der Waals surface area contributed by atoms with Crippen LogP contribution >= 0.6 is 0 Å². The fourth-order valence-electron chi connectivity index (χ4n) is 2.07. The molecule has 0 fully saturated rings. The molecule has 16 heavy (non-hydrogen) atoms. The molecule has 0 aliphatic carbocycles. The van der Waals surface area contributed by atoms with E-state index in [1.54, 1.807) is 0 Å². The largest absolute Gasteiger partial charge is 0.0561 e. The van der Waals surface area contributed by atoms with Crippen molar-refractivity contribution in [3.05, 3.63) is 34.4 Å². The van der Waals surface area contributed by atoms with Gasteiger partial charge in [-0.15, -0.1) is 0 Å². The van der Waals surface area contributed by atoms with Gasteiger partial charge in [0.25, 0.3) is 0 Å². The zero-order chi connectivity index (χ0) is 12.7. The average Bonchev–Trinajstić information content (AvgIpc) is 2.05. The predicted octanol–water partition coefficient (Wildman–Crippen LogP) is 4.90. The van der Waals surface area contributed by atoms with E-state index in [1.165, 1.54) is 22.3 Å². The van der Waals surface area contributed by atoms with Gasteiger partial charge in [0, 0.05) is 0 Å². The lowest BCUT2D eigenvalue weighted by Gasteiger charge is -2.28. The van der Waals surface area contributed by atoms with E-state index in [4.69, 9.17) is 0 Å². The Morgan fingerprint density at radius 2 is 1.25 bits per heavy atom. The Labute approximate surface area is 101 Å². The van der Waals surface area contributed by atoms with E-state index in [0.29, 0.717) is 0 Å². The molecule has 0 aliphatic rings. The lowest BCUT2D eigenvalue weighted by molar-refractivity contribution is 0.564. The summed E-state index contributed by atoms with van der Waals surface area (Å²) in [5, 5.41) is 0. The van der Waals surface area contributed by atoms with Gasteiger partial charge in [-0.2, -0.15) is 0 Å². The predicted molar refractivity (Wildman–Crippen MR) is 73.3 cm³/mol. The summed E-state index contributed by atoms with van der Waals surface area (Å²) in [4.78, 5) is 0. The summed E-state index contributed by atoms with van der Waals surface area (Å²) in [6.45, 7) is 18.2. The van der Waals surface area contributed by atoms with Crippen molar-refractivity contribution in [2.75, 3.05) is 0 Å². The van der Waals surface area contributed by atoms with Crippen molar-refractivity contribution in [1.29, 1.82) is 0 Å². The normalized spacial score (nSPS) is 13.0. The molecule has 0 heterocycles. The quantitative estimate of drug-likeness (QED) is 0.581. The molecule has 1 rings (SSSR count). The third-order valence-electron chi connectivity index (χ3n) is 3.34. The van der Waals surface area contributed by atoms with Crippen molar-refractivity contribution < 1.29 is 0 Å². The molecular weight excluding hydrogens is 192 g/mol. The van der Waals surface area contributed by atoms with Crippen LogP contribution in [0.25, 0.3) is 0 Å². The maximum atomic E-state index is 2.39. The van der Waals surface area contributed by atoms with Gasteiger partial charge in [-0.05, 0) is 46.9 Å². The summed E-state index contributed by atoms with van der Waals surface area (Å²) in [7, 11) is 0. The molecular formula is C16H26. The average molecular weight is 218 g/mol. The van der Waals surface area contributed by atoms with Crippen molar-refractivity contribution in [2.45, 2.75) is 66.2 Å². The number of benzene rings is 1. The highest BCUT2D eigenvalue weighted by Crippen LogP contribution is 2.32. The maximum absolute atomic E-state index is 2.39. The standard InChI is InChI=1S/C16H26/c1-11-9-13(15(3,4)5)10-14(12(11)2)16(6,7)8/h9-10H,1-8H3. The Bertz CT molecular complexity index is 384. The molecule has 0 heteroatoms. The SMILES string of the molecule is Cc1cc(C(C)(C)C)cc(C(C)(C)C)c1C. The van der Waals surface area contributed by atoms with E-state index in [-0.39, 0.29) is 10.8 Å². The second kappa shape index (κ2) is 3.91. The summed E-state index contributed by atoms with van der Waals surface area (Å²) >= 11 is 0.